The second kappa shape index (κ2) is 9.24. The Morgan fingerprint density at radius 2 is 1.77 bits per heavy atom. The lowest BCUT2D eigenvalue weighted by Gasteiger charge is -2.25. The van der Waals surface area contributed by atoms with Crippen LogP contribution >= 0.6 is 11.3 Å². The van der Waals surface area contributed by atoms with Crippen molar-refractivity contribution in [1.29, 1.82) is 0 Å². The lowest BCUT2D eigenvalue weighted by Crippen LogP contribution is -2.39. The lowest BCUT2D eigenvalue weighted by molar-refractivity contribution is 0.0982. The Kier molecular flexibility index (Phi) is 6.43. The van der Waals surface area contributed by atoms with Gasteiger partial charge >= 0.3 is 0 Å². The van der Waals surface area contributed by atoms with E-state index in [2.05, 4.69) is 44.7 Å². The second-order valence-corrected chi connectivity index (χ2v) is 8.78. The molecule has 0 saturated carbocycles. The van der Waals surface area contributed by atoms with Gasteiger partial charge in [-0.15, -0.1) is 0 Å². The zero-order valence-corrected chi connectivity index (χ0v) is 19.4. The number of benzene rings is 2. The van der Waals surface area contributed by atoms with Gasteiger partial charge in [0.25, 0.3) is 5.91 Å². The normalized spacial score (nSPS) is 13.1. The highest BCUT2D eigenvalue weighted by Gasteiger charge is 2.24. The number of carbonyl (C=O) groups is 1. The molecule has 1 aromatic heterocycles. The number of carbonyl (C=O) groups excluding carboxylic acids is 1. The van der Waals surface area contributed by atoms with Gasteiger partial charge in [0, 0.05) is 18.7 Å². The predicted octanol–water partition coefficient (Wildman–Crippen LogP) is 4.67. The molecule has 6 nitrogen and oxygen atoms in total. The minimum absolute atomic E-state index is 0.0717. The zero-order chi connectivity index (χ0) is 22.0. The number of rotatable bonds is 7. The van der Waals surface area contributed by atoms with Gasteiger partial charge in [-0.1, -0.05) is 31.3 Å². The van der Waals surface area contributed by atoms with E-state index in [1.165, 1.54) is 5.56 Å². The third kappa shape index (κ3) is 4.52. The summed E-state index contributed by atoms with van der Waals surface area (Å²) >= 11 is 1.57. The highest BCUT2D eigenvalue weighted by Crippen LogP contribution is 2.34. The molecule has 0 atom stereocenters. The molecule has 0 aliphatic carbocycles. The summed E-state index contributed by atoms with van der Waals surface area (Å²) in [5, 5.41) is 0.732. The van der Waals surface area contributed by atoms with Crippen LogP contribution in [-0.2, 0) is 0 Å². The SMILES string of the molecule is CCN(CC)CCN(C(=O)c1ccc2c(c1)OCCO2)c1nc2c(C)cc(C)cc2s1. The molecule has 1 aliphatic rings. The summed E-state index contributed by atoms with van der Waals surface area (Å²) in [7, 11) is 0. The van der Waals surface area contributed by atoms with Gasteiger partial charge < -0.3 is 14.4 Å². The van der Waals surface area contributed by atoms with E-state index in [9.17, 15) is 4.79 Å². The van der Waals surface area contributed by atoms with Gasteiger partial charge in [0.05, 0.1) is 10.2 Å². The molecule has 0 N–H and O–H groups in total. The van der Waals surface area contributed by atoms with Gasteiger partial charge in [-0.05, 0) is 62.3 Å². The van der Waals surface area contributed by atoms with Gasteiger partial charge in [-0.2, -0.15) is 0 Å². The van der Waals surface area contributed by atoms with Crippen LogP contribution < -0.4 is 14.4 Å². The van der Waals surface area contributed by atoms with Crippen molar-refractivity contribution in [3.63, 3.8) is 0 Å². The van der Waals surface area contributed by atoms with Gasteiger partial charge in [-0.3, -0.25) is 9.69 Å². The first-order valence-electron chi connectivity index (χ1n) is 10.8. The maximum absolute atomic E-state index is 13.6. The van der Waals surface area contributed by atoms with Crippen LogP contribution in [0.2, 0.25) is 0 Å². The minimum Gasteiger partial charge on any atom is -0.486 e. The second-order valence-electron chi connectivity index (χ2n) is 7.77. The van der Waals surface area contributed by atoms with Crippen LogP contribution in [0.25, 0.3) is 10.2 Å². The van der Waals surface area contributed by atoms with Crippen LogP contribution in [0.5, 0.6) is 11.5 Å². The topological polar surface area (TPSA) is 54.9 Å². The third-order valence-corrected chi connectivity index (χ3v) is 6.64. The summed E-state index contributed by atoms with van der Waals surface area (Å²) in [5.41, 5.74) is 3.88. The molecule has 0 bridgehead atoms. The average Bonchev–Trinajstić information content (AvgIpc) is 3.20. The van der Waals surface area contributed by atoms with Crippen molar-refractivity contribution in [2.75, 3.05) is 44.3 Å². The average molecular weight is 440 g/mol. The minimum atomic E-state index is -0.0717. The van der Waals surface area contributed by atoms with Crippen LogP contribution in [0, 0.1) is 13.8 Å². The molecule has 3 aromatic rings. The molecule has 0 spiro atoms. The molecule has 31 heavy (non-hydrogen) atoms. The van der Waals surface area contributed by atoms with E-state index in [1.54, 1.807) is 17.4 Å². The summed E-state index contributed by atoms with van der Waals surface area (Å²) in [6.07, 6.45) is 0. The number of fused-ring (bicyclic) bond motifs is 2. The number of anilines is 1. The first-order chi connectivity index (χ1) is 15.0. The molecular formula is C24H29N3O3S. The first kappa shape index (κ1) is 21.6. The van der Waals surface area contributed by atoms with Crippen molar-refractivity contribution in [1.82, 2.24) is 9.88 Å². The number of hydrogen-bond acceptors (Lipinski definition) is 6. The van der Waals surface area contributed by atoms with E-state index in [1.807, 2.05) is 17.0 Å². The third-order valence-electron chi connectivity index (χ3n) is 5.62. The van der Waals surface area contributed by atoms with Crippen molar-refractivity contribution in [2.24, 2.45) is 0 Å². The summed E-state index contributed by atoms with van der Waals surface area (Å²) in [6.45, 7) is 12.7. The Labute approximate surface area is 187 Å². The molecule has 4 rings (SSSR count). The molecule has 2 aromatic carbocycles. The Hall–Kier alpha value is -2.64. The van der Waals surface area contributed by atoms with E-state index in [4.69, 9.17) is 14.5 Å². The standard InChI is InChI=1S/C24H29N3O3S/c1-5-26(6-2)9-10-27(24-25-22-17(4)13-16(3)14-21(22)31-24)23(28)18-7-8-19-20(15-18)30-12-11-29-19/h7-8,13-15H,5-6,9-12H2,1-4H3. The largest absolute Gasteiger partial charge is 0.486 e. The predicted molar refractivity (Wildman–Crippen MR) is 126 cm³/mol. The molecule has 1 aliphatic heterocycles. The molecule has 7 heteroatoms. The molecule has 0 unspecified atom stereocenters. The van der Waals surface area contributed by atoms with E-state index < -0.39 is 0 Å². The number of hydrogen-bond donors (Lipinski definition) is 0. The van der Waals surface area contributed by atoms with Gasteiger partial charge in [-0.25, -0.2) is 4.98 Å². The van der Waals surface area contributed by atoms with E-state index in [0.29, 0.717) is 36.8 Å². The van der Waals surface area contributed by atoms with Crippen molar-refractivity contribution in [3.8, 4) is 11.5 Å². The maximum Gasteiger partial charge on any atom is 0.260 e. The number of aryl methyl sites for hydroxylation is 2. The van der Waals surface area contributed by atoms with Gasteiger partial charge in [0.15, 0.2) is 16.6 Å². The quantitative estimate of drug-likeness (QED) is 0.535. The van der Waals surface area contributed by atoms with Crippen molar-refractivity contribution >= 4 is 32.6 Å². The zero-order valence-electron chi connectivity index (χ0n) is 18.6. The molecule has 0 fully saturated rings. The fourth-order valence-corrected chi connectivity index (χ4v) is 5.04. The van der Waals surface area contributed by atoms with Crippen LogP contribution in [0.15, 0.2) is 30.3 Å². The van der Waals surface area contributed by atoms with Crippen LogP contribution in [-0.4, -0.2) is 55.2 Å². The smallest absolute Gasteiger partial charge is 0.260 e. The van der Waals surface area contributed by atoms with Crippen molar-refractivity contribution in [3.05, 3.63) is 47.0 Å². The first-order valence-corrected chi connectivity index (χ1v) is 11.6. The summed E-state index contributed by atoms with van der Waals surface area (Å²) in [5.74, 6) is 1.23. The fraction of sp³-hybridized carbons (Fsp3) is 0.417. The molecule has 0 radical (unpaired) electrons. The molecular weight excluding hydrogens is 410 g/mol. The Morgan fingerprint density at radius 1 is 1.03 bits per heavy atom. The highest BCUT2D eigenvalue weighted by atomic mass is 32.1. The van der Waals surface area contributed by atoms with Crippen LogP contribution in [0.1, 0.15) is 35.3 Å². The highest BCUT2D eigenvalue weighted by molar-refractivity contribution is 7.22. The van der Waals surface area contributed by atoms with Crippen molar-refractivity contribution < 1.29 is 14.3 Å². The molecule has 1 amide bonds. The molecule has 2 heterocycles. The van der Waals surface area contributed by atoms with Crippen LogP contribution in [0.3, 0.4) is 0 Å². The van der Waals surface area contributed by atoms with Crippen LogP contribution in [0.4, 0.5) is 5.13 Å². The van der Waals surface area contributed by atoms with E-state index >= 15 is 0 Å². The monoisotopic (exact) mass is 439 g/mol. The maximum atomic E-state index is 13.6. The molecule has 0 saturated heterocycles. The van der Waals surface area contributed by atoms with Gasteiger partial charge in [0.1, 0.15) is 13.2 Å². The fourth-order valence-electron chi connectivity index (χ4n) is 3.87. The molecule has 164 valence electrons. The number of aromatic nitrogens is 1. The Morgan fingerprint density at radius 3 is 2.52 bits per heavy atom. The van der Waals surface area contributed by atoms with E-state index in [0.717, 1.165) is 40.5 Å². The number of thiazole rings is 1. The summed E-state index contributed by atoms with van der Waals surface area (Å²) < 4.78 is 12.4. The lowest BCUT2D eigenvalue weighted by atomic mass is 10.1. The Balaban J connectivity index is 1.70. The van der Waals surface area contributed by atoms with E-state index in [-0.39, 0.29) is 5.91 Å². The summed E-state index contributed by atoms with van der Waals surface area (Å²) in [4.78, 5) is 22.6. The number of likely N-dealkylation sites (N-methyl/N-ethyl adjacent to an activating group) is 1. The number of amides is 1. The van der Waals surface area contributed by atoms with Crippen molar-refractivity contribution in [2.45, 2.75) is 27.7 Å². The summed E-state index contributed by atoms with van der Waals surface area (Å²) in [6, 6.07) is 9.68. The number of nitrogens with zero attached hydrogens (tertiary/aromatic N) is 3. The number of ether oxygens (including phenoxy) is 2. The van der Waals surface area contributed by atoms with Gasteiger partial charge in [0.2, 0.25) is 0 Å². The Bertz CT molecular complexity index is 1090.